The van der Waals surface area contributed by atoms with Crippen molar-refractivity contribution in [1.29, 1.82) is 0 Å². The highest BCUT2D eigenvalue weighted by atomic mass is 16.6. The van der Waals surface area contributed by atoms with Crippen molar-refractivity contribution >= 4 is 6.79 Å². The van der Waals surface area contributed by atoms with Crippen molar-refractivity contribution in [3.63, 3.8) is 0 Å². The van der Waals surface area contributed by atoms with Gasteiger partial charge >= 0.3 is 0 Å². The summed E-state index contributed by atoms with van der Waals surface area (Å²) in [6.45, 7) is 90.4. The maximum absolute atomic E-state index is 8.19. The number of para-hydroxylation sites is 1. The third-order valence-electron chi connectivity index (χ3n) is 18.2. The molecule has 0 spiro atoms. The fourth-order valence-electron chi connectivity index (χ4n) is 11.5. The maximum Gasteiger partial charge on any atom is 0.157 e. The maximum atomic E-state index is 8.19. The topological polar surface area (TPSA) is 312 Å². The van der Waals surface area contributed by atoms with Crippen molar-refractivity contribution in [2.75, 3.05) is 172 Å². The first-order valence-electron chi connectivity index (χ1n) is 54.0. The molecule has 0 atom stereocenters. The summed E-state index contributed by atoms with van der Waals surface area (Å²) in [4.78, 5) is 8.00. The number of unbranched alkanes of at least 4 members (excludes halogenated alkanes) is 1. The number of carbonyl (C=O) groups is 1. The van der Waals surface area contributed by atoms with Crippen LogP contribution in [-0.4, -0.2) is 310 Å². The van der Waals surface area contributed by atoms with Crippen LogP contribution in [0.4, 0.5) is 0 Å². The molecule has 0 radical (unpaired) electrons. The molecular weight excluding hydrogens is 1880 g/mol. The average Bonchev–Trinajstić information content (AvgIpc) is 0.867. The van der Waals surface area contributed by atoms with Gasteiger partial charge in [-0.3, -0.25) is 0 Å². The van der Waals surface area contributed by atoms with E-state index < -0.39 is 0 Å². The first kappa shape index (κ1) is 152. The molecule has 1 heterocycles. The molecule has 0 saturated heterocycles. The molecule has 3 N–H and O–H groups in total. The van der Waals surface area contributed by atoms with E-state index in [4.69, 9.17) is 138 Å². The lowest BCUT2D eigenvalue weighted by Crippen LogP contribution is -2.29. The number of aliphatic hydroxyl groups is 3. The molecule has 1 aliphatic rings. The highest BCUT2D eigenvalue weighted by Crippen LogP contribution is 2.33. The number of hydrogen-bond donors (Lipinski definition) is 3. The van der Waals surface area contributed by atoms with Gasteiger partial charge in [0.1, 0.15) is 69.1 Å². The van der Waals surface area contributed by atoms with Crippen LogP contribution in [0.2, 0.25) is 0 Å². The van der Waals surface area contributed by atoms with Gasteiger partial charge in [-0.05, 0) is 327 Å². The molecule has 1 fully saturated rings. The van der Waals surface area contributed by atoms with Gasteiger partial charge in [0.15, 0.2) is 5.75 Å². The lowest BCUT2D eigenvalue weighted by Gasteiger charge is -2.30. The zero-order chi connectivity index (χ0) is 112. The number of aliphatic hydroxyl groups excluding tert-OH is 3. The van der Waals surface area contributed by atoms with E-state index in [1.54, 1.807) is 18.6 Å². The van der Waals surface area contributed by atoms with Crippen molar-refractivity contribution < 1.29 is 138 Å². The summed E-state index contributed by atoms with van der Waals surface area (Å²) in [6.07, 6.45) is 15.8. The zero-order valence-corrected chi connectivity index (χ0v) is 99.0. The summed E-state index contributed by atoms with van der Waals surface area (Å²) in [6, 6.07) is 36.2. The van der Waals surface area contributed by atoms with Gasteiger partial charge in [0, 0.05) is 30.8 Å². The van der Waals surface area contributed by atoms with E-state index >= 15 is 0 Å². The third-order valence-corrected chi connectivity index (χ3v) is 18.2. The van der Waals surface area contributed by atoms with Gasteiger partial charge in [0.25, 0.3) is 0 Å². The molecule has 29 heteroatoms. The summed E-state index contributed by atoms with van der Waals surface area (Å²) in [5.74, 6) is 4.11. The van der Waals surface area contributed by atoms with E-state index in [1.807, 2.05) is 240 Å². The minimum absolute atomic E-state index is 0.0727. The highest BCUT2D eigenvalue weighted by molar-refractivity contribution is 5.41. The molecular formula is C118H218O29. The molecule has 29 nitrogen and oxygen atoms in total. The van der Waals surface area contributed by atoms with Crippen molar-refractivity contribution in [2.24, 2.45) is 0 Å². The quantitative estimate of drug-likeness (QED) is 0.0305. The smallest absolute Gasteiger partial charge is 0.157 e. The summed E-state index contributed by atoms with van der Waals surface area (Å²) < 4.78 is 134. The molecule has 1 aliphatic carbocycles. The van der Waals surface area contributed by atoms with Gasteiger partial charge in [-0.25, -0.2) is 0 Å². The van der Waals surface area contributed by atoms with E-state index in [-0.39, 0.29) is 92.4 Å². The van der Waals surface area contributed by atoms with Crippen LogP contribution < -0.4 is 23.7 Å². The number of benzene rings is 4. The van der Waals surface area contributed by atoms with E-state index in [0.717, 1.165) is 80.5 Å². The predicted molar refractivity (Wildman–Crippen MR) is 597 cm³/mol. The standard InChI is InChI=1S/C24H34O3.C16H26O4.C12H26O4.C12H24O2.C11H16O2.C10H22O2.C9H14O3.C8H18O2.3C5H12O2.CH2O/c1-18(2)25-15-16-26-23-13-11-22(12-14-23)24(5,6)21-9-7-20(8-10-21)17-27-19(3)4;1-13(2)17-8-10-19-15-6-5-7-16(12-15)20-11-9-18-14(3)4;1-11(2)15-9-7-13-5-6-14-8-10-16-12(3)4;1-9(2)13-11-5-7-12(8-6-11)14-10(3)4;1-10(2)12-8-9-13-11-6-4-3-5-7-11;1-9(2)11-7-5-6-8-12-10(3)4;1-8(2)11-5-6-12-9-3-4-10-7-9;1-7(2)9-5-6-10-8(3)4;3*1-5(2)7-4-3-6;1-2/h7-14,18-19H,15-17H2,1-6H3;5-7,12-14H,8-11H2,1-4H3;11-12H,5-10H2,1-4H3;9-12H,5-8H2,1-4H3;3-7,10H,8-9H2,1-2H3;9-10H,5-8H2,1-4H3;3-4,7-8H,5-6H2,1-2H3;7-8H,5-6H2,1-4H3;3*5-6H,3-4H2,1-2H3;1H2. The summed E-state index contributed by atoms with van der Waals surface area (Å²) in [7, 11) is 0. The predicted octanol–water partition coefficient (Wildman–Crippen LogP) is 24.1. The van der Waals surface area contributed by atoms with Crippen molar-refractivity contribution in [3.05, 3.63) is 138 Å². The Morgan fingerprint density at radius 3 is 0.762 bits per heavy atom. The SMILES string of the molecule is C=O.CC(C)OC1CCC(OC(C)C)CC1.CC(C)OCCCCOC(C)C.CC(C)OCCO.CC(C)OCCO.CC(C)OCCO.CC(C)OCCOC(C)C.CC(C)OCCOCCOCCOC(C)C.CC(C)OCCOc1ccc(C(C)(C)c2ccc(COC(C)C)cc2)cc1.CC(C)OCCOc1cccc(OCCOC(C)C)c1.CC(C)OCCOc1ccccc1.CC(C)OCCOc1ccoc1. The van der Waals surface area contributed by atoms with Crippen LogP contribution >= 0.6 is 0 Å². The van der Waals surface area contributed by atoms with Crippen molar-refractivity contribution in [1.82, 2.24) is 0 Å². The molecule has 1 aromatic heterocycles. The molecule has 1 saturated carbocycles. The Morgan fingerprint density at radius 1 is 0.259 bits per heavy atom. The van der Waals surface area contributed by atoms with Crippen molar-refractivity contribution in [3.8, 4) is 28.7 Å². The van der Waals surface area contributed by atoms with Gasteiger partial charge in [0.2, 0.25) is 0 Å². The second-order valence-corrected chi connectivity index (χ2v) is 38.9. The minimum atomic E-state index is -0.0727. The Morgan fingerprint density at radius 2 is 0.497 bits per heavy atom. The first-order chi connectivity index (χ1) is 69.7. The number of hydrogen-bond acceptors (Lipinski definition) is 29. The van der Waals surface area contributed by atoms with Gasteiger partial charge in [-0.2, -0.15) is 0 Å². The lowest BCUT2D eigenvalue weighted by molar-refractivity contribution is -0.0980. The van der Waals surface area contributed by atoms with Gasteiger partial charge in [0.05, 0.1) is 254 Å². The Kier molecular flexibility index (Phi) is 110. The Bertz CT molecular complexity index is 3250. The second-order valence-electron chi connectivity index (χ2n) is 38.9. The minimum Gasteiger partial charge on any atom is -0.491 e. The Labute approximate surface area is 895 Å². The van der Waals surface area contributed by atoms with E-state index in [9.17, 15) is 0 Å². The number of carbonyl (C=O) groups excluding carboxylic acids is 1. The number of rotatable bonds is 66. The van der Waals surface area contributed by atoms with Gasteiger partial charge in [-0.15, -0.1) is 0 Å². The molecule has 0 unspecified atom stereocenters. The van der Waals surface area contributed by atoms with Crippen molar-refractivity contribution in [2.45, 2.75) is 416 Å². The fraction of sp³-hybridized carbons (Fsp3) is 0.754. The summed E-state index contributed by atoms with van der Waals surface area (Å²) in [5.41, 5.74) is 3.68. The van der Waals surface area contributed by atoms with Crippen LogP contribution in [0.5, 0.6) is 28.7 Å². The van der Waals surface area contributed by atoms with E-state index in [1.165, 1.54) is 16.7 Å². The first-order valence-corrected chi connectivity index (χ1v) is 54.0. The fourth-order valence-corrected chi connectivity index (χ4v) is 11.5. The van der Waals surface area contributed by atoms with Gasteiger partial charge in [-0.1, -0.05) is 74.5 Å². The molecule has 5 aromatic rings. The second kappa shape index (κ2) is 107. The van der Waals surface area contributed by atoms with Crippen LogP contribution in [0.25, 0.3) is 0 Å². The lowest BCUT2D eigenvalue weighted by atomic mass is 9.78. The van der Waals surface area contributed by atoms with Crippen LogP contribution in [-0.2, 0) is 107 Å². The molecule has 864 valence electrons. The highest BCUT2D eigenvalue weighted by Gasteiger charge is 2.25. The molecule has 0 amide bonds. The monoisotopic (exact) mass is 2100 g/mol. The Hall–Kier alpha value is -6.05. The summed E-state index contributed by atoms with van der Waals surface area (Å²) >= 11 is 0. The molecule has 6 rings (SSSR count). The largest absolute Gasteiger partial charge is 0.491 e. The van der Waals surface area contributed by atoms with Crippen LogP contribution in [0.3, 0.4) is 0 Å². The number of furan rings is 1. The zero-order valence-electron chi connectivity index (χ0n) is 99.0. The summed E-state index contributed by atoms with van der Waals surface area (Å²) in [5, 5.41) is 24.6. The molecule has 0 bridgehead atoms. The van der Waals surface area contributed by atoms with E-state index in [0.29, 0.717) is 194 Å². The van der Waals surface area contributed by atoms with E-state index in [2.05, 4.69) is 119 Å². The number of ether oxygens (including phenoxy) is 24. The molecule has 147 heavy (non-hydrogen) atoms. The van der Waals surface area contributed by atoms with Crippen LogP contribution in [0.15, 0.2) is 126 Å². The third kappa shape index (κ3) is 118. The molecule has 4 aromatic carbocycles. The average molecular weight is 2100 g/mol. The van der Waals surface area contributed by atoms with Gasteiger partial charge < -0.3 is 138 Å². The molecule has 0 aliphatic heterocycles. The normalized spacial score (nSPS) is 12.7. The van der Waals surface area contributed by atoms with Crippen LogP contribution in [0.1, 0.15) is 304 Å². The van der Waals surface area contributed by atoms with Crippen LogP contribution in [0, 0.1) is 0 Å². The Balaban J connectivity index is -0.000000380.